The second kappa shape index (κ2) is 4.88. The lowest BCUT2D eigenvalue weighted by Gasteiger charge is -2.07. The summed E-state index contributed by atoms with van der Waals surface area (Å²) < 4.78 is 15.5. The van der Waals surface area contributed by atoms with Crippen molar-refractivity contribution in [3.05, 3.63) is 42.2 Å². The van der Waals surface area contributed by atoms with Gasteiger partial charge < -0.3 is 9.88 Å². The molecule has 6 heteroatoms. The van der Waals surface area contributed by atoms with Crippen LogP contribution in [0, 0.1) is 12.7 Å². The number of nitrogens with zero attached hydrogens (tertiary/aromatic N) is 4. The first-order valence-electron chi connectivity index (χ1n) is 6.38. The number of halogens is 1. The molecule has 0 saturated carbocycles. The normalized spacial score (nSPS) is 10.9. The summed E-state index contributed by atoms with van der Waals surface area (Å²) in [4.78, 5) is 12.7. The van der Waals surface area contributed by atoms with E-state index in [2.05, 4.69) is 20.3 Å². The third kappa shape index (κ3) is 2.09. The van der Waals surface area contributed by atoms with Crippen LogP contribution in [0.25, 0.3) is 11.2 Å². The number of nitrogens with one attached hydrogen (secondary N) is 1. The van der Waals surface area contributed by atoms with E-state index < -0.39 is 0 Å². The zero-order valence-electron chi connectivity index (χ0n) is 11.3. The molecule has 2 heterocycles. The summed E-state index contributed by atoms with van der Waals surface area (Å²) >= 11 is 0. The molecule has 1 N–H and O–H groups in total. The third-order valence-electron chi connectivity index (χ3n) is 3.18. The SMILES string of the molecule is CCn1cnc2c(Nc3ccc(C)c(F)c3)ncnc21. The molecule has 0 saturated heterocycles. The summed E-state index contributed by atoms with van der Waals surface area (Å²) in [6.45, 7) is 4.53. The Hall–Kier alpha value is -2.50. The third-order valence-corrected chi connectivity index (χ3v) is 3.18. The number of hydrogen-bond donors (Lipinski definition) is 1. The molecule has 3 aromatic rings. The van der Waals surface area contributed by atoms with Gasteiger partial charge in [0.1, 0.15) is 12.1 Å². The van der Waals surface area contributed by atoms with E-state index in [-0.39, 0.29) is 5.82 Å². The first-order chi connectivity index (χ1) is 9.69. The van der Waals surface area contributed by atoms with Gasteiger partial charge in [-0.1, -0.05) is 6.07 Å². The summed E-state index contributed by atoms with van der Waals surface area (Å²) in [5.41, 5.74) is 2.69. The number of aromatic nitrogens is 4. The van der Waals surface area contributed by atoms with E-state index in [0.29, 0.717) is 22.6 Å². The molecule has 20 heavy (non-hydrogen) atoms. The van der Waals surface area contributed by atoms with Crippen LogP contribution in [-0.2, 0) is 6.54 Å². The fourth-order valence-corrected chi connectivity index (χ4v) is 2.01. The van der Waals surface area contributed by atoms with Crippen LogP contribution in [-0.4, -0.2) is 19.5 Å². The van der Waals surface area contributed by atoms with Gasteiger partial charge in [0.2, 0.25) is 0 Å². The molecule has 3 rings (SSSR count). The van der Waals surface area contributed by atoms with Crippen LogP contribution in [0.1, 0.15) is 12.5 Å². The molecule has 0 atom stereocenters. The zero-order valence-corrected chi connectivity index (χ0v) is 11.3. The van der Waals surface area contributed by atoms with Crippen molar-refractivity contribution in [2.24, 2.45) is 0 Å². The predicted octanol–water partition coefficient (Wildman–Crippen LogP) is 3.04. The Labute approximate surface area is 115 Å². The molecule has 0 aliphatic heterocycles. The number of hydrogen-bond acceptors (Lipinski definition) is 4. The first-order valence-corrected chi connectivity index (χ1v) is 6.38. The molecule has 5 nitrogen and oxygen atoms in total. The van der Waals surface area contributed by atoms with Crippen molar-refractivity contribution >= 4 is 22.7 Å². The molecule has 0 fully saturated rings. The number of anilines is 2. The van der Waals surface area contributed by atoms with E-state index in [1.807, 2.05) is 17.6 Å². The van der Waals surface area contributed by atoms with E-state index in [4.69, 9.17) is 0 Å². The van der Waals surface area contributed by atoms with Gasteiger partial charge in [0.25, 0.3) is 0 Å². The molecular formula is C14H14FN5. The lowest BCUT2D eigenvalue weighted by Crippen LogP contribution is -1.98. The van der Waals surface area contributed by atoms with Crippen molar-refractivity contribution in [1.82, 2.24) is 19.5 Å². The highest BCUT2D eigenvalue weighted by molar-refractivity contribution is 5.85. The van der Waals surface area contributed by atoms with Crippen molar-refractivity contribution in [2.45, 2.75) is 20.4 Å². The monoisotopic (exact) mass is 271 g/mol. The number of fused-ring (bicyclic) bond motifs is 1. The summed E-state index contributed by atoms with van der Waals surface area (Å²) in [7, 11) is 0. The number of rotatable bonds is 3. The van der Waals surface area contributed by atoms with Gasteiger partial charge in [0.05, 0.1) is 6.33 Å². The fraction of sp³-hybridized carbons (Fsp3) is 0.214. The summed E-state index contributed by atoms with van der Waals surface area (Å²) in [6.07, 6.45) is 3.20. The van der Waals surface area contributed by atoms with E-state index in [9.17, 15) is 4.39 Å². The molecule has 0 aliphatic carbocycles. The maximum atomic E-state index is 13.6. The smallest absolute Gasteiger partial charge is 0.165 e. The Bertz CT molecular complexity index is 765. The van der Waals surface area contributed by atoms with Crippen LogP contribution in [0.2, 0.25) is 0 Å². The van der Waals surface area contributed by atoms with Gasteiger partial charge in [-0.3, -0.25) is 0 Å². The molecule has 2 aromatic heterocycles. The van der Waals surface area contributed by atoms with Crippen molar-refractivity contribution in [2.75, 3.05) is 5.32 Å². The molecule has 1 aromatic carbocycles. The maximum absolute atomic E-state index is 13.6. The quantitative estimate of drug-likeness (QED) is 0.795. The minimum Gasteiger partial charge on any atom is -0.338 e. The second-order valence-electron chi connectivity index (χ2n) is 4.51. The summed E-state index contributed by atoms with van der Waals surface area (Å²) in [5.74, 6) is 0.324. The second-order valence-corrected chi connectivity index (χ2v) is 4.51. The minimum atomic E-state index is -0.251. The Kier molecular flexibility index (Phi) is 3.06. The average Bonchev–Trinajstić information content (AvgIpc) is 2.87. The molecule has 102 valence electrons. The van der Waals surface area contributed by atoms with Crippen LogP contribution < -0.4 is 5.32 Å². The molecular weight excluding hydrogens is 257 g/mol. The van der Waals surface area contributed by atoms with Crippen molar-refractivity contribution in [3.8, 4) is 0 Å². The van der Waals surface area contributed by atoms with Gasteiger partial charge in [-0.2, -0.15) is 0 Å². The van der Waals surface area contributed by atoms with Gasteiger partial charge in [-0.15, -0.1) is 0 Å². The topological polar surface area (TPSA) is 55.6 Å². The highest BCUT2D eigenvalue weighted by Gasteiger charge is 2.10. The highest BCUT2D eigenvalue weighted by atomic mass is 19.1. The van der Waals surface area contributed by atoms with Crippen LogP contribution in [0.3, 0.4) is 0 Å². The van der Waals surface area contributed by atoms with E-state index >= 15 is 0 Å². The van der Waals surface area contributed by atoms with E-state index in [1.165, 1.54) is 12.4 Å². The fourth-order valence-electron chi connectivity index (χ4n) is 2.01. The zero-order chi connectivity index (χ0) is 14.1. The molecule has 0 spiro atoms. The van der Waals surface area contributed by atoms with Crippen molar-refractivity contribution in [1.29, 1.82) is 0 Å². The Morgan fingerprint density at radius 1 is 1.25 bits per heavy atom. The summed E-state index contributed by atoms with van der Waals surface area (Å²) in [5, 5.41) is 3.09. The van der Waals surface area contributed by atoms with Gasteiger partial charge in [0, 0.05) is 12.2 Å². The number of benzene rings is 1. The molecule has 0 bridgehead atoms. The van der Waals surface area contributed by atoms with Crippen LogP contribution in [0.5, 0.6) is 0 Å². The largest absolute Gasteiger partial charge is 0.338 e. The lowest BCUT2D eigenvalue weighted by atomic mass is 10.2. The van der Waals surface area contributed by atoms with Crippen molar-refractivity contribution < 1.29 is 4.39 Å². The summed E-state index contributed by atoms with van der Waals surface area (Å²) in [6, 6.07) is 4.98. The van der Waals surface area contributed by atoms with Crippen molar-refractivity contribution in [3.63, 3.8) is 0 Å². The Balaban J connectivity index is 2.02. The first kappa shape index (κ1) is 12.5. The molecule has 0 aliphatic rings. The standard InChI is InChI=1S/C14H14FN5/c1-3-20-8-18-12-13(16-7-17-14(12)20)19-10-5-4-9(2)11(15)6-10/h4-8H,3H2,1-2H3,(H,16,17,19). The molecule has 0 amide bonds. The minimum absolute atomic E-state index is 0.251. The van der Waals surface area contributed by atoms with E-state index in [0.717, 1.165) is 12.2 Å². The van der Waals surface area contributed by atoms with E-state index in [1.54, 1.807) is 19.3 Å². The maximum Gasteiger partial charge on any atom is 0.165 e. The highest BCUT2D eigenvalue weighted by Crippen LogP contribution is 2.22. The van der Waals surface area contributed by atoms with Crippen LogP contribution in [0.15, 0.2) is 30.9 Å². The van der Waals surface area contributed by atoms with Gasteiger partial charge in [-0.05, 0) is 31.5 Å². The van der Waals surface area contributed by atoms with Crippen LogP contribution >= 0.6 is 0 Å². The Morgan fingerprint density at radius 3 is 2.85 bits per heavy atom. The van der Waals surface area contributed by atoms with Gasteiger partial charge >= 0.3 is 0 Å². The lowest BCUT2D eigenvalue weighted by molar-refractivity contribution is 0.619. The molecule has 0 unspecified atom stereocenters. The van der Waals surface area contributed by atoms with Gasteiger partial charge in [0.15, 0.2) is 17.0 Å². The number of aryl methyl sites for hydroxylation is 2. The number of imidazole rings is 1. The molecule has 0 radical (unpaired) electrons. The Morgan fingerprint density at radius 2 is 2.10 bits per heavy atom. The van der Waals surface area contributed by atoms with Gasteiger partial charge in [-0.25, -0.2) is 19.3 Å². The average molecular weight is 271 g/mol. The van der Waals surface area contributed by atoms with Crippen LogP contribution in [0.4, 0.5) is 15.9 Å². The predicted molar refractivity (Wildman–Crippen MR) is 75.4 cm³/mol.